The van der Waals surface area contributed by atoms with Crippen LogP contribution < -0.4 is 5.32 Å². The fourth-order valence-corrected chi connectivity index (χ4v) is 2.42. The van der Waals surface area contributed by atoms with Crippen molar-refractivity contribution in [1.29, 1.82) is 0 Å². The molecule has 0 spiro atoms. The number of hydrogen-bond acceptors (Lipinski definition) is 1. The molecule has 0 aromatic heterocycles. The van der Waals surface area contributed by atoms with E-state index >= 15 is 0 Å². The third-order valence-electron chi connectivity index (χ3n) is 2.68. The zero-order valence-electron chi connectivity index (χ0n) is 8.75. The summed E-state index contributed by atoms with van der Waals surface area (Å²) >= 11 is 8.32. The molecule has 1 saturated carbocycles. The Morgan fingerprint density at radius 2 is 2.31 bits per heavy atom. The Hall–Kier alpha value is -0.290. The van der Waals surface area contributed by atoms with Gasteiger partial charge in [-0.25, -0.2) is 0 Å². The lowest BCUT2D eigenvalue weighted by Gasteiger charge is -2.09. The third-order valence-corrected chi connectivity index (χ3v) is 3.86. The van der Waals surface area contributed by atoms with E-state index in [2.05, 4.69) is 27.9 Å². The van der Waals surface area contributed by atoms with E-state index in [1.54, 1.807) is 0 Å². The molecule has 0 heterocycles. The van der Waals surface area contributed by atoms with Gasteiger partial charge in [-0.3, -0.25) is 4.79 Å². The lowest BCUT2D eigenvalue weighted by atomic mass is 10.2. The molecule has 16 heavy (non-hydrogen) atoms. The molecule has 0 radical (unpaired) electrons. The SMILES string of the molecule is O=C(NCC(Cl)C1CC1)c1cccc(I)c1. The first-order valence-corrected chi connectivity index (χ1v) is 6.86. The summed E-state index contributed by atoms with van der Waals surface area (Å²) in [6, 6.07) is 7.54. The molecular formula is C12H13ClINO. The topological polar surface area (TPSA) is 29.1 Å². The molecule has 0 aliphatic heterocycles. The van der Waals surface area contributed by atoms with Gasteiger partial charge in [0.15, 0.2) is 0 Å². The van der Waals surface area contributed by atoms with Crippen LogP contribution in [0.3, 0.4) is 0 Å². The number of alkyl halides is 1. The van der Waals surface area contributed by atoms with Gasteiger partial charge in [-0.15, -0.1) is 11.6 Å². The zero-order valence-corrected chi connectivity index (χ0v) is 11.7. The van der Waals surface area contributed by atoms with Crippen molar-refractivity contribution >= 4 is 40.1 Å². The van der Waals surface area contributed by atoms with Crippen LogP contribution in [0.25, 0.3) is 0 Å². The van der Waals surface area contributed by atoms with Gasteiger partial charge in [-0.05, 0) is 59.5 Å². The fraction of sp³-hybridized carbons (Fsp3) is 0.417. The van der Waals surface area contributed by atoms with Crippen molar-refractivity contribution < 1.29 is 4.79 Å². The highest BCUT2D eigenvalue weighted by Crippen LogP contribution is 2.35. The standard InChI is InChI=1S/C12H13ClINO/c13-11(8-4-5-8)7-15-12(16)9-2-1-3-10(14)6-9/h1-3,6,8,11H,4-5,7H2,(H,15,16). The largest absolute Gasteiger partial charge is 0.351 e. The van der Waals surface area contributed by atoms with E-state index in [-0.39, 0.29) is 11.3 Å². The smallest absolute Gasteiger partial charge is 0.251 e. The average Bonchev–Trinajstić information content (AvgIpc) is 3.09. The van der Waals surface area contributed by atoms with Crippen LogP contribution in [-0.2, 0) is 0 Å². The Morgan fingerprint density at radius 3 is 2.94 bits per heavy atom. The Morgan fingerprint density at radius 1 is 1.56 bits per heavy atom. The van der Waals surface area contributed by atoms with Gasteiger partial charge in [0.1, 0.15) is 0 Å². The van der Waals surface area contributed by atoms with Crippen molar-refractivity contribution in [2.45, 2.75) is 18.2 Å². The van der Waals surface area contributed by atoms with Gasteiger partial charge in [0.25, 0.3) is 5.91 Å². The second kappa shape index (κ2) is 5.36. The Balaban J connectivity index is 1.87. The second-order valence-corrected chi connectivity index (χ2v) is 5.88. The maximum Gasteiger partial charge on any atom is 0.251 e. The minimum atomic E-state index is -0.0372. The van der Waals surface area contributed by atoms with Gasteiger partial charge >= 0.3 is 0 Å². The summed E-state index contributed by atoms with van der Waals surface area (Å²) in [5, 5.41) is 2.96. The number of carbonyl (C=O) groups is 1. The van der Waals surface area contributed by atoms with Crippen LogP contribution in [0.15, 0.2) is 24.3 Å². The summed E-state index contributed by atoms with van der Waals surface area (Å²) in [4.78, 5) is 11.8. The van der Waals surface area contributed by atoms with Crippen LogP contribution in [0.1, 0.15) is 23.2 Å². The van der Waals surface area contributed by atoms with Gasteiger partial charge in [-0.1, -0.05) is 6.07 Å². The maximum atomic E-state index is 11.8. The monoisotopic (exact) mass is 349 g/mol. The first-order chi connectivity index (χ1) is 7.66. The quantitative estimate of drug-likeness (QED) is 0.657. The molecule has 86 valence electrons. The number of rotatable bonds is 4. The fourth-order valence-electron chi connectivity index (χ4n) is 1.55. The normalized spacial score (nSPS) is 16.9. The summed E-state index contributed by atoms with van der Waals surface area (Å²) < 4.78 is 1.06. The Labute approximate surface area is 114 Å². The number of benzene rings is 1. The summed E-state index contributed by atoms with van der Waals surface area (Å²) in [7, 11) is 0. The van der Waals surface area contributed by atoms with Crippen molar-refractivity contribution in [2.75, 3.05) is 6.54 Å². The third kappa shape index (κ3) is 3.35. The van der Waals surface area contributed by atoms with E-state index in [1.165, 1.54) is 12.8 Å². The molecule has 1 aromatic rings. The molecule has 1 N–H and O–H groups in total. The first kappa shape index (κ1) is 12.2. The predicted molar refractivity (Wildman–Crippen MR) is 73.9 cm³/mol. The highest BCUT2D eigenvalue weighted by Gasteiger charge is 2.29. The van der Waals surface area contributed by atoms with Gasteiger partial charge in [0, 0.05) is 15.7 Å². The van der Waals surface area contributed by atoms with E-state index < -0.39 is 0 Å². The molecule has 2 nitrogen and oxygen atoms in total. The average molecular weight is 350 g/mol. The molecule has 0 saturated heterocycles. The Kier molecular flexibility index (Phi) is 4.08. The number of halogens is 2. The zero-order chi connectivity index (χ0) is 11.5. The van der Waals surface area contributed by atoms with Gasteiger partial charge in [0.05, 0.1) is 5.38 Å². The Bertz CT molecular complexity index is 392. The summed E-state index contributed by atoms with van der Waals surface area (Å²) in [5.41, 5.74) is 0.701. The van der Waals surface area contributed by atoms with Crippen molar-refractivity contribution in [3.05, 3.63) is 33.4 Å². The molecule has 1 atom stereocenters. The molecule has 1 aliphatic rings. The van der Waals surface area contributed by atoms with Crippen molar-refractivity contribution in [3.8, 4) is 0 Å². The van der Waals surface area contributed by atoms with Crippen LogP contribution in [0.4, 0.5) is 0 Å². The van der Waals surface area contributed by atoms with Crippen molar-refractivity contribution in [1.82, 2.24) is 5.32 Å². The van der Waals surface area contributed by atoms with E-state index in [0.29, 0.717) is 18.0 Å². The lowest BCUT2D eigenvalue weighted by molar-refractivity contribution is 0.0953. The molecule has 1 fully saturated rings. The number of nitrogens with one attached hydrogen (secondary N) is 1. The summed E-state index contributed by atoms with van der Waals surface area (Å²) in [6.45, 7) is 0.566. The molecule has 2 rings (SSSR count). The van der Waals surface area contributed by atoms with E-state index in [1.807, 2.05) is 24.3 Å². The minimum absolute atomic E-state index is 0.0372. The first-order valence-electron chi connectivity index (χ1n) is 5.34. The molecule has 1 aromatic carbocycles. The van der Waals surface area contributed by atoms with Crippen molar-refractivity contribution in [2.24, 2.45) is 5.92 Å². The molecular weight excluding hydrogens is 336 g/mol. The molecule has 1 aliphatic carbocycles. The highest BCUT2D eigenvalue weighted by molar-refractivity contribution is 14.1. The van der Waals surface area contributed by atoms with E-state index in [0.717, 1.165) is 3.57 Å². The van der Waals surface area contributed by atoms with Crippen LogP contribution in [0.2, 0.25) is 0 Å². The number of carbonyl (C=O) groups excluding carboxylic acids is 1. The van der Waals surface area contributed by atoms with Gasteiger partial charge < -0.3 is 5.32 Å². The lowest BCUT2D eigenvalue weighted by Crippen LogP contribution is -2.30. The number of amides is 1. The molecule has 4 heteroatoms. The number of hydrogen-bond donors (Lipinski definition) is 1. The minimum Gasteiger partial charge on any atom is -0.351 e. The van der Waals surface area contributed by atoms with Crippen molar-refractivity contribution in [3.63, 3.8) is 0 Å². The van der Waals surface area contributed by atoms with E-state index in [4.69, 9.17) is 11.6 Å². The van der Waals surface area contributed by atoms with Gasteiger partial charge in [-0.2, -0.15) is 0 Å². The molecule has 0 bridgehead atoms. The summed E-state index contributed by atoms with van der Waals surface area (Å²) in [6.07, 6.45) is 2.40. The highest BCUT2D eigenvalue weighted by atomic mass is 127. The van der Waals surface area contributed by atoms with Crippen LogP contribution in [-0.4, -0.2) is 17.8 Å². The van der Waals surface area contributed by atoms with Crippen LogP contribution in [0.5, 0.6) is 0 Å². The second-order valence-electron chi connectivity index (χ2n) is 4.07. The molecule has 1 amide bonds. The predicted octanol–water partition coefficient (Wildman–Crippen LogP) is 3.04. The van der Waals surface area contributed by atoms with E-state index in [9.17, 15) is 4.79 Å². The maximum absolute atomic E-state index is 11.8. The van der Waals surface area contributed by atoms with Gasteiger partial charge in [0.2, 0.25) is 0 Å². The van der Waals surface area contributed by atoms with Crippen LogP contribution >= 0.6 is 34.2 Å². The van der Waals surface area contributed by atoms with Crippen LogP contribution in [0, 0.1) is 9.49 Å². The summed E-state index contributed by atoms with van der Waals surface area (Å²) in [5.74, 6) is 0.572. The molecule has 1 unspecified atom stereocenters.